The zero-order valence-electron chi connectivity index (χ0n) is 11.8. The second-order valence-corrected chi connectivity index (χ2v) is 4.78. The predicted octanol–water partition coefficient (Wildman–Crippen LogP) is 1.56. The van der Waals surface area contributed by atoms with Gasteiger partial charge >= 0.3 is 0 Å². The van der Waals surface area contributed by atoms with Crippen LogP contribution in [-0.4, -0.2) is 34.7 Å². The summed E-state index contributed by atoms with van der Waals surface area (Å²) in [6.45, 7) is 1.67. The standard InChI is InChI=1S/C15H17N3O2/c1-11(15(20)17(2)3)18-14(19)10-9-13(16-18)12-7-5-4-6-8-12/h4-11H,1-3H3. The third-order valence-corrected chi connectivity index (χ3v) is 3.06. The van der Waals surface area contributed by atoms with Gasteiger partial charge in [-0.1, -0.05) is 30.3 Å². The molecule has 1 unspecified atom stereocenters. The van der Waals surface area contributed by atoms with Crippen LogP contribution >= 0.6 is 0 Å². The molecule has 0 N–H and O–H groups in total. The lowest BCUT2D eigenvalue weighted by molar-refractivity contribution is -0.132. The fraction of sp³-hybridized carbons (Fsp3) is 0.267. The molecule has 20 heavy (non-hydrogen) atoms. The molecule has 0 bridgehead atoms. The molecule has 1 aromatic carbocycles. The van der Waals surface area contributed by atoms with Gasteiger partial charge in [-0.2, -0.15) is 5.10 Å². The Balaban J connectivity index is 2.45. The van der Waals surface area contributed by atoms with Crippen LogP contribution in [0.15, 0.2) is 47.3 Å². The third kappa shape index (κ3) is 2.77. The molecule has 5 nitrogen and oxygen atoms in total. The monoisotopic (exact) mass is 271 g/mol. The van der Waals surface area contributed by atoms with E-state index in [0.717, 1.165) is 5.56 Å². The highest BCUT2D eigenvalue weighted by Gasteiger charge is 2.19. The normalized spacial score (nSPS) is 11.9. The van der Waals surface area contributed by atoms with Gasteiger partial charge in [0.2, 0.25) is 5.91 Å². The fourth-order valence-corrected chi connectivity index (χ4v) is 1.94. The van der Waals surface area contributed by atoms with Crippen LogP contribution in [0.1, 0.15) is 13.0 Å². The molecule has 2 rings (SSSR count). The molecule has 0 aliphatic carbocycles. The van der Waals surface area contributed by atoms with Crippen LogP contribution in [0.5, 0.6) is 0 Å². The first-order valence-corrected chi connectivity index (χ1v) is 6.37. The van der Waals surface area contributed by atoms with Crippen molar-refractivity contribution in [1.82, 2.24) is 14.7 Å². The molecule has 1 heterocycles. The molecule has 0 radical (unpaired) electrons. The zero-order valence-corrected chi connectivity index (χ0v) is 11.8. The Labute approximate surface area is 117 Å². The SMILES string of the molecule is CC(C(=O)N(C)C)n1nc(-c2ccccc2)ccc1=O. The summed E-state index contributed by atoms with van der Waals surface area (Å²) in [6, 6.07) is 12.0. The maximum absolute atomic E-state index is 12.0. The van der Waals surface area contributed by atoms with Crippen molar-refractivity contribution in [2.45, 2.75) is 13.0 Å². The van der Waals surface area contributed by atoms with Gasteiger partial charge in [-0.15, -0.1) is 0 Å². The molecule has 1 aromatic heterocycles. The zero-order chi connectivity index (χ0) is 14.7. The van der Waals surface area contributed by atoms with E-state index in [0.29, 0.717) is 5.69 Å². The van der Waals surface area contributed by atoms with E-state index in [4.69, 9.17) is 0 Å². The second kappa shape index (κ2) is 5.69. The number of likely N-dealkylation sites (N-methyl/N-ethyl adjacent to an activating group) is 1. The van der Waals surface area contributed by atoms with Gasteiger partial charge in [-0.05, 0) is 13.0 Å². The Hall–Kier alpha value is -2.43. The third-order valence-electron chi connectivity index (χ3n) is 3.06. The molecule has 5 heteroatoms. The van der Waals surface area contributed by atoms with Crippen molar-refractivity contribution in [3.63, 3.8) is 0 Å². The van der Waals surface area contributed by atoms with Gasteiger partial charge in [-0.25, -0.2) is 4.68 Å². The number of nitrogens with zero attached hydrogens (tertiary/aromatic N) is 3. The fourth-order valence-electron chi connectivity index (χ4n) is 1.94. The Bertz CT molecular complexity index is 662. The Kier molecular flexibility index (Phi) is 3.98. The van der Waals surface area contributed by atoms with Crippen molar-refractivity contribution in [1.29, 1.82) is 0 Å². The van der Waals surface area contributed by atoms with Crippen LogP contribution in [0.3, 0.4) is 0 Å². The van der Waals surface area contributed by atoms with Gasteiger partial charge in [0.25, 0.3) is 5.56 Å². The van der Waals surface area contributed by atoms with E-state index >= 15 is 0 Å². The van der Waals surface area contributed by atoms with Crippen LogP contribution in [0.25, 0.3) is 11.3 Å². The van der Waals surface area contributed by atoms with Gasteiger partial charge in [0, 0.05) is 25.7 Å². The first-order valence-electron chi connectivity index (χ1n) is 6.37. The predicted molar refractivity (Wildman–Crippen MR) is 77.3 cm³/mol. The van der Waals surface area contributed by atoms with Crippen molar-refractivity contribution in [3.8, 4) is 11.3 Å². The minimum Gasteiger partial charge on any atom is -0.347 e. The van der Waals surface area contributed by atoms with Crippen LogP contribution in [0, 0.1) is 0 Å². The van der Waals surface area contributed by atoms with Crippen molar-refractivity contribution in [2.24, 2.45) is 0 Å². The van der Waals surface area contributed by atoms with Crippen molar-refractivity contribution in [2.75, 3.05) is 14.1 Å². The molecule has 0 aliphatic rings. The van der Waals surface area contributed by atoms with E-state index in [-0.39, 0.29) is 11.5 Å². The minimum atomic E-state index is -0.624. The van der Waals surface area contributed by atoms with Gasteiger partial charge in [-0.3, -0.25) is 9.59 Å². The summed E-state index contributed by atoms with van der Waals surface area (Å²) < 4.78 is 1.23. The Morgan fingerprint density at radius 3 is 2.40 bits per heavy atom. The van der Waals surface area contributed by atoms with Crippen LogP contribution < -0.4 is 5.56 Å². The van der Waals surface area contributed by atoms with E-state index in [2.05, 4.69) is 5.10 Å². The lowest BCUT2D eigenvalue weighted by Gasteiger charge is -2.18. The molecule has 0 saturated carbocycles. The summed E-state index contributed by atoms with van der Waals surface area (Å²) in [5.41, 5.74) is 1.29. The van der Waals surface area contributed by atoms with Crippen molar-refractivity contribution < 1.29 is 4.79 Å². The highest BCUT2D eigenvalue weighted by atomic mass is 16.2. The number of benzene rings is 1. The number of amides is 1. The van der Waals surface area contributed by atoms with Crippen molar-refractivity contribution >= 4 is 5.91 Å². The molecular formula is C15H17N3O2. The quantitative estimate of drug-likeness (QED) is 0.851. The van der Waals surface area contributed by atoms with Gasteiger partial charge in [0.05, 0.1) is 5.69 Å². The lowest BCUT2D eigenvalue weighted by Crippen LogP contribution is -2.36. The lowest BCUT2D eigenvalue weighted by atomic mass is 10.1. The topological polar surface area (TPSA) is 55.2 Å². The van der Waals surface area contributed by atoms with Crippen LogP contribution in [0.4, 0.5) is 0 Å². The van der Waals surface area contributed by atoms with Crippen LogP contribution in [0.2, 0.25) is 0 Å². The second-order valence-electron chi connectivity index (χ2n) is 4.78. The highest BCUT2D eigenvalue weighted by molar-refractivity contribution is 5.79. The summed E-state index contributed by atoms with van der Waals surface area (Å²) in [6.07, 6.45) is 0. The highest BCUT2D eigenvalue weighted by Crippen LogP contribution is 2.15. The summed E-state index contributed by atoms with van der Waals surface area (Å²) in [7, 11) is 3.32. The smallest absolute Gasteiger partial charge is 0.267 e. The number of hydrogen-bond acceptors (Lipinski definition) is 3. The molecular weight excluding hydrogens is 254 g/mol. The number of rotatable bonds is 3. The van der Waals surface area contributed by atoms with E-state index in [9.17, 15) is 9.59 Å². The van der Waals surface area contributed by atoms with Crippen LogP contribution in [-0.2, 0) is 4.79 Å². The van der Waals surface area contributed by atoms with Gasteiger partial charge in [0.15, 0.2) is 0 Å². The van der Waals surface area contributed by atoms with E-state index in [1.807, 2.05) is 30.3 Å². The van der Waals surface area contributed by atoms with Gasteiger partial charge < -0.3 is 4.90 Å². The van der Waals surface area contributed by atoms with E-state index in [1.165, 1.54) is 15.6 Å². The summed E-state index contributed by atoms with van der Waals surface area (Å²) in [4.78, 5) is 25.3. The summed E-state index contributed by atoms with van der Waals surface area (Å²) in [5.74, 6) is -0.162. The summed E-state index contributed by atoms with van der Waals surface area (Å²) in [5, 5.41) is 4.30. The number of carbonyl (C=O) groups is 1. The first-order chi connectivity index (χ1) is 9.50. The number of hydrogen-bond donors (Lipinski definition) is 0. The molecule has 1 atom stereocenters. The number of aromatic nitrogens is 2. The average Bonchev–Trinajstić information content (AvgIpc) is 2.47. The van der Waals surface area contributed by atoms with Gasteiger partial charge in [0.1, 0.15) is 6.04 Å². The number of carbonyl (C=O) groups excluding carboxylic acids is 1. The van der Waals surface area contributed by atoms with Crippen molar-refractivity contribution in [3.05, 3.63) is 52.8 Å². The molecule has 0 spiro atoms. The molecule has 1 amide bonds. The Morgan fingerprint density at radius 2 is 1.80 bits per heavy atom. The first kappa shape index (κ1) is 14.0. The average molecular weight is 271 g/mol. The minimum absolute atomic E-state index is 0.162. The maximum atomic E-state index is 12.0. The molecule has 104 valence electrons. The molecule has 0 saturated heterocycles. The molecule has 0 fully saturated rings. The van der Waals surface area contributed by atoms with E-state index in [1.54, 1.807) is 27.1 Å². The molecule has 2 aromatic rings. The van der Waals surface area contributed by atoms with E-state index < -0.39 is 6.04 Å². The summed E-state index contributed by atoms with van der Waals surface area (Å²) >= 11 is 0. The largest absolute Gasteiger partial charge is 0.347 e. The Morgan fingerprint density at radius 1 is 1.15 bits per heavy atom. The molecule has 0 aliphatic heterocycles. The maximum Gasteiger partial charge on any atom is 0.267 e.